The zero-order chi connectivity index (χ0) is 16.4. The lowest BCUT2D eigenvalue weighted by Gasteiger charge is -2.27. The van der Waals surface area contributed by atoms with Gasteiger partial charge in [-0.1, -0.05) is 12.1 Å². The van der Waals surface area contributed by atoms with Gasteiger partial charge >= 0.3 is 0 Å². The van der Waals surface area contributed by atoms with Gasteiger partial charge in [-0.25, -0.2) is 4.98 Å². The van der Waals surface area contributed by atoms with Gasteiger partial charge in [0, 0.05) is 43.8 Å². The summed E-state index contributed by atoms with van der Waals surface area (Å²) in [5.74, 6) is 0.530. The molecule has 0 amide bonds. The van der Waals surface area contributed by atoms with Crippen LogP contribution in [0, 0.1) is 0 Å². The molecule has 0 bridgehead atoms. The fourth-order valence-corrected chi connectivity index (χ4v) is 3.00. The largest absolute Gasteiger partial charge is 0.305 e. The number of pyridine rings is 2. The summed E-state index contributed by atoms with van der Waals surface area (Å²) in [5.41, 5.74) is 3.42. The lowest BCUT2D eigenvalue weighted by molar-refractivity contribution is 0.240. The molecule has 0 radical (unpaired) electrons. The Balaban J connectivity index is 1.62. The van der Waals surface area contributed by atoms with Crippen LogP contribution in [0.1, 0.15) is 16.8 Å². The Labute approximate surface area is 139 Å². The first-order valence-corrected chi connectivity index (χ1v) is 7.94. The Morgan fingerprint density at radius 1 is 1.17 bits per heavy atom. The van der Waals surface area contributed by atoms with E-state index >= 15 is 0 Å². The first-order valence-electron chi connectivity index (χ1n) is 7.94. The maximum absolute atomic E-state index is 12.4. The van der Waals surface area contributed by atoms with Crippen LogP contribution in [0.25, 0.3) is 11.5 Å². The third kappa shape index (κ3) is 2.96. The van der Waals surface area contributed by atoms with Gasteiger partial charge in [-0.2, -0.15) is 0 Å². The van der Waals surface area contributed by atoms with Crippen molar-refractivity contribution in [3.05, 3.63) is 76.1 Å². The summed E-state index contributed by atoms with van der Waals surface area (Å²) in [5, 5.41) is 0. The van der Waals surface area contributed by atoms with Gasteiger partial charge in [-0.15, -0.1) is 0 Å². The zero-order valence-corrected chi connectivity index (χ0v) is 13.1. The molecule has 1 aliphatic heterocycles. The molecular weight excluding hydrogens is 302 g/mol. The minimum absolute atomic E-state index is 0.0540. The third-order valence-corrected chi connectivity index (χ3v) is 4.19. The van der Waals surface area contributed by atoms with Gasteiger partial charge in [0.15, 0.2) is 5.82 Å². The van der Waals surface area contributed by atoms with Crippen LogP contribution in [0.2, 0.25) is 0 Å². The summed E-state index contributed by atoms with van der Waals surface area (Å²) in [7, 11) is 0. The third-order valence-electron chi connectivity index (χ3n) is 4.19. The van der Waals surface area contributed by atoms with E-state index < -0.39 is 0 Å². The van der Waals surface area contributed by atoms with Crippen LogP contribution in [0.4, 0.5) is 0 Å². The molecule has 3 aromatic rings. The normalized spacial score (nSPS) is 14.3. The molecule has 0 atom stereocenters. The lowest BCUT2D eigenvalue weighted by Crippen LogP contribution is -2.35. The van der Waals surface area contributed by atoms with E-state index in [4.69, 9.17) is 0 Å². The number of aromatic amines is 1. The first kappa shape index (κ1) is 14.7. The second kappa shape index (κ2) is 6.33. The van der Waals surface area contributed by atoms with E-state index in [0.29, 0.717) is 24.5 Å². The van der Waals surface area contributed by atoms with Crippen molar-refractivity contribution >= 4 is 0 Å². The van der Waals surface area contributed by atoms with Crippen molar-refractivity contribution in [2.24, 2.45) is 0 Å². The molecule has 6 heteroatoms. The molecule has 0 aliphatic carbocycles. The van der Waals surface area contributed by atoms with Crippen LogP contribution in [-0.4, -0.2) is 31.4 Å². The van der Waals surface area contributed by atoms with E-state index in [9.17, 15) is 4.79 Å². The van der Waals surface area contributed by atoms with Gasteiger partial charge in [0.1, 0.15) is 5.69 Å². The van der Waals surface area contributed by atoms with Crippen molar-refractivity contribution in [1.29, 1.82) is 0 Å². The van der Waals surface area contributed by atoms with Gasteiger partial charge in [-0.05, 0) is 30.2 Å². The van der Waals surface area contributed by atoms with E-state index in [1.165, 1.54) is 0 Å². The average molecular weight is 319 g/mol. The van der Waals surface area contributed by atoms with E-state index in [0.717, 1.165) is 29.9 Å². The topological polar surface area (TPSA) is 74.8 Å². The molecule has 4 heterocycles. The predicted molar refractivity (Wildman–Crippen MR) is 90.1 cm³/mol. The number of H-pyrrole nitrogens is 1. The molecular formula is C18H17N5O. The molecule has 0 spiro atoms. The standard InChI is InChI=1S/C18H17N5O/c24-18-14-6-9-23(11-13-4-3-7-19-10-13)12-16(14)21-17(22-18)15-5-1-2-8-20-15/h1-5,7-8,10H,6,9,11-12H2,(H,21,22,24). The second-order valence-corrected chi connectivity index (χ2v) is 5.88. The van der Waals surface area contributed by atoms with Gasteiger partial charge in [0.25, 0.3) is 5.56 Å². The van der Waals surface area contributed by atoms with Gasteiger partial charge < -0.3 is 4.98 Å². The number of fused-ring (bicyclic) bond motifs is 1. The SMILES string of the molecule is O=c1[nH]c(-c2ccccn2)nc2c1CCN(Cc1cccnc1)C2. The summed E-state index contributed by atoms with van der Waals surface area (Å²) in [4.78, 5) is 30.6. The molecule has 0 fully saturated rings. The molecule has 1 N–H and O–H groups in total. The van der Waals surface area contributed by atoms with Crippen molar-refractivity contribution in [2.45, 2.75) is 19.5 Å². The minimum atomic E-state index is -0.0540. The van der Waals surface area contributed by atoms with Crippen LogP contribution < -0.4 is 5.56 Å². The number of nitrogens with one attached hydrogen (secondary N) is 1. The minimum Gasteiger partial charge on any atom is -0.305 e. The molecule has 6 nitrogen and oxygen atoms in total. The van der Waals surface area contributed by atoms with Crippen LogP contribution in [-0.2, 0) is 19.5 Å². The molecule has 4 rings (SSSR count). The summed E-state index contributed by atoms with van der Waals surface area (Å²) >= 11 is 0. The Hall–Kier alpha value is -2.86. The maximum atomic E-state index is 12.4. The van der Waals surface area contributed by atoms with E-state index in [2.05, 4.69) is 30.9 Å². The van der Waals surface area contributed by atoms with Crippen molar-refractivity contribution in [1.82, 2.24) is 24.8 Å². The monoisotopic (exact) mass is 319 g/mol. The van der Waals surface area contributed by atoms with E-state index in [-0.39, 0.29) is 5.56 Å². The molecule has 0 saturated heterocycles. The van der Waals surface area contributed by atoms with Crippen LogP contribution >= 0.6 is 0 Å². The predicted octanol–water partition coefficient (Wildman–Crippen LogP) is 1.79. The van der Waals surface area contributed by atoms with Crippen molar-refractivity contribution < 1.29 is 0 Å². The highest BCUT2D eigenvalue weighted by molar-refractivity contribution is 5.49. The number of nitrogens with zero attached hydrogens (tertiary/aromatic N) is 4. The molecule has 120 valence electrons. The molecule has 0 aromatic carbocycles. The smallest absolute Gasteiger partial charge is 0.254 e. The maximum Gasteiger partial charge on any atom is 0.254 e. The Kier molecular flexibility index (Phi) is 3.88. The molecule has 0 saturated carbocycles. The Morgan fingerprint density at radius 3 is 2.92 bits per heavy atom. The Morgan fingerprint density at radius 2 is 2.12 bits per heavy atom. The van der Waals surface area contributed by atoms with Gasteiger partial charge in [0.05, 0.1) is 5.69 Å². The van der Waals surface area contributed by atoms with Crippen molar-refractivity contribution in [3.8, 4) is 11.5 Å². The molecule has 24 heavy (non-hydrogen) atoms. The summed E-state index contributed by atoms with van der Waals surface area (Å²) in [6, 6.07) is 9.58. The molecule has 3 aromatic heterocycles. The van der Waals surface area contributed by atoms with Crippen molar-refractivity contribution in [3.63, 3.8) is 0 Å². The summed E-state index contributed by atoms with van der Waals surface area (Å²) < 4.78 is 0. The van der Waals surface area contributed by atoms with Crippen LogP contribution in [0.5, 0.6) is 0 Å². The first-order chi connectivity index (χ1) is 11.8. The summed E-state index contributed by atoms with van der Waals surface area (Å²) in [6.07, 6.45) is 6.05. The quantitative estimate of drug-likeness (QED) is 0.796. The lowest BCUT2D eigenvalue weighted by atomic mass is 10.1. The summed E-state index contributed by atoms with van der Waals surface area (Å²) in [6.45, 7) is 2.31. The van der Waals surface area contributed by atoms with Crippen LogP contribution in [0.3, 0.4) is 0 Å². The van der Waals surface area contributed by atoms with Crippen molar-refractivity contribution in [2.75, 3.05) is 6.54 Å². The fraction of sp³-hybridized carbons (Fsp3) is 0.222. The second-order valence-electron chi connectivity index (χ2n) is 5.88. The van der Waals surface area contributed by atoms with E-state index in [1.54, 1.807) is 12.4 Å². The fourth-order valence-electron chi connectivity index (χ4n) is 3.00. The highest BCUT2D eigenvalue weighted by Crippen LogP contribution is 2.18. The van der Waals surface area contributed by atoms with Gasteiger partial charge in [0.2, 0.25) is 0 Å². The Bertz CT molecular complexity index is 892. The zero-order valence-electron chi connectivity index (χ0n) is 13.1. The van der Waals surface area contributed by atoms with Gasteiger partial charge in [-0.3, -0.25) is 19.7 Å². The molecule has 1 aliphatic rings. The number of rotatable bonds is 3. The number of aromatic nitrogens is 4. The highest BCUT2D eigenvalue weighted by Gasteiger charge is 2.21. The van der Waals surface area contributed by atoms with Crippen LogP contribution in [0.15, 0.2) is 53.7 Å². The highest BCUT2D eigenvalue weighted by atomic mass is 16.1. The number of hydrogen-bond donors (Lipinski definition) is 1. The average Bonchev–Trinajstić information content (AvgIpc) is 2.63. The number of hydrogen-bond acceptors (Lipinski definition) is 5. The molecule has 0 unspecified atom stereocenters. The van der Waals surface area contributed by atoms with E-state index in [1.807, 2.05) is 30.5 Å².